The number of hydrogen-bond acceptors (Lipinski definition) is 3. The molecule has 1 aromatic rings. The first kappa shape index (κ1) is 25.8. The SMILES string of the molecule is CC(=CC[C@H](O[Si](C)(C)C(C)(C)C)C(C)=Cc1ccccn1)CCC[C@H](C)CO. The molecule has 0 saturated carbocycles. The Morgan fingerprint density at radius 2 is 1.93 bits per heavy atom. The Labute approximate surface area is 180 Å². The number of allylic oxidation sites excluding steroid dienone is 1. The van der Waals surface area contributed by atoms with Gasteiger partial charge in [0.1, 0.15) is 0 Å². The first-order valence-corrected chi connectivity index (χ1v) is 13.9. The van der Waals surface area contributed by atoms with Crippen molar-refractivity contribution < 1.29 is 9.53 Å². The van der Waals surface area contributed by atoms with E-state index < -0.39 is 8.32 Å². The third kappa shape index (κ3) is 9.41. The highest BCUT2D eigenvalue weighted by atomic mass is 28.4. The van der Waals surface area contributed by atoms with Gasteiger partial charge >= 0.3 is 0 Å². The molecule has 0 radical (unpaired) electrons. The Morgan fingerprint density at radius 3 is 2.48 bits per heavy atom. The van der Waals surface area contributed by atoms with Crippen molar-refractivity contribution in [3.05, 3.63) is 47.3 Å². The van der Waals surface area contributed by atoms with Gasteiger partial charge in [-0.05, 0) is 87.4 Å². The zero-order valence-corrected chi connectivity index (χ0v) is 21.0. The summed E-state index contributed by atoms with van der Waals surface area (Å²) in [7, 11) is -1.88. The highest BCUT2D eigenvalue weighted by Gasteiger charge is 2.39. The van der Waals surface area contributed by atoms with E-state index in [1.165, 1.54) is 11.1 Å². The topological polar surface area (TPSA) is 42.4 Å². The molecule has 0 amide bonds. The van der Waals surface area contributed by atoms with Crippen LogP contribution in [0.4, 0.5) is 0 Å². The fourth-order valence-electron chi connectivity index (χ4n) is 2.88. The monoisotopic (exact) mass is 417 g/mol. The van der Waals surface area contributed by atoms with Crippen LogP contribution in [0.15, 0.2) is 41.6 Å². The van der Waals surface area contributed by atoms with Crippen LogP contribution in [0.2, 0.25) is 18.1 Å². The molecule has 3 nitrogen and oxygen atoms in total. The number of nitrogens with zero attached hydrogens (tertiary/aromatic N) is 1. The molecule has 4 heteroatoms. The van der Waals surface area contributed by atoms with Crippen LogP contribution in [-0.2, 0) is 4.43 Å². The highest BCUT2D eigenvalue weighted by Crippen LogP contribution is 2.38. The Kier molecular flexibility index (Phi) is 10.5. The molecule has 0 aliphatic heterocycles. The van der Waals surface area contributed by atoms with Gasteiger partial charge in [-0.3, -0.25) is 4.98 Å². The summed E-state index contributed by atoms with van der Waals surface area (Å²) in [5, 5.41) is 9.37. The minimum absolute atomic E-state index is 0.0733. The minimum Gasteiger partial charge on any atom is -0.410 e. The molecule has 164 valence electrons. The molecule has 0 bridgehead atoms. The predicted octanol–water partition coefficient (Wildman–Crippen LogP) is 7.01. The second kappa shape index (κ2) is 11.8. The van der Waals surface area contributed by atoms with Gasteiger partial charge in [0, 0.05) is 12.8 Å². The average Bonchev–Trinajstić information content (AvgIpc) is 2.64. The molecule has 1 N–H and O–H groups in total. The van der Waals surface area contributed by atoms with Gasteiger partial charge in [-0.1, -0.05) is 45.4 Å². The molecule has 0 aliphatic rings. The van der Waals surface area contributed by atoms with Crippen LogP contribution in [0.1, 0.15) is 72.9 Å². The summed E-state index contributed by atoms with van der Waals surface area (Å²) >= 11 is 0. The van der Waals surface area contributed by atoms with Crippen molar-refractivity contribution in [1.29, 1.82) is 0 Å². The van der Waals surface area contributed by atoms with E-state index in [1.807, 2.05) is 24.4 Å². The lowest BCUT2D eigenvalue weighted by atomic mass is 10.0. The van der Waals surface area contributed by atoms with E-state index >= 15 is 0 Å². The van der Waals surface area contributed by atoms with Crippen LogP contribution < -0.4 is 0 Å². The molecular weight excluding hydrogens is 374 g/mol. The summed E-state index contributed by atoms with van der Waals surface area (Å²) in [6.45, 7) is 18.3. The van der Waals surface area contributed by atoms with Gasteiger partial charge in [0.25, 0.3) is 0 Å². The van der Waals surface area contributed by atoms with E-state index in [-0.39, 0.29) is 17.7 Å². The Balaban J connectivity index is 2.93. The summed E-state index contributed by atoms with van der Waals surface area (Å²) in [6.07, 6.45) is 10.6. The van der Waals surface area contributed by atoms with Crippen molar-refractivity contribution in [3.8, 4) is 0 Å². The van der Waals surface area contributed by atoms with Crippen molar-refractivity contribution in [2.75, 3.05) is 6.61 Å². The maximum Gasteiger partial charge on any atom is 0.192 e. The molecular formula is C25H43NO2Si. The molecule has 0 saturated heterocycles. The molecule has 0 spiro atoms. The van der Waals surface area contributed by atoms with Gasteiger partial charge in [-0.15, -0.1) is 0 Å². The van der Waals surface area contributed by atoms with Crippen LogP contribution >= 0.6 is 0 Å². The molecule has 1 rings (SSSR count). The maximum absolute atomic E-state index is 9.19. The lowest BCUT2D eigenvalue weighted by molar-refractivity contribution is 0.217. The standard InChI is InChI=1S/C25H43NO2Si/c1-20(12-11-13-21(2)19-27)15-16-24(28-29(7,8)25(4,5)6)22(3)18-23-14-9-10-17-26-23/h9-10,14-15,17-18,21,24,27H,11-13,16,19H2,1-8H3/t21-,24-/m0/s1. The minimum atomic E-state index is -1.88. The van der Waals surface area contributed by atoms with Crippen LogP contribution in [-0.4, -0.2) is 31.1 Å². The zero-order chi connectivity index (χ0) is 22.1. The fraction of sp³-hybridized carbons (Fsp3) is 0.640. The quantitative estimate of drug-likeness (QED) is 0.311. The Hall–Kier alpha value is -1.23. The summed E-state index contributed by atoms with van der Waals surface area (Å²) in [5.74, 6) is 0.390. The maximum atomic E-state index is 9.19. The predicted molar refractivity (Wildman–Crippen MR) is 128 cm³/mol. The van der Waals surface area contributed by atoms with Gasteiger partial charge in [-0.25, -0.2) is 0 Å². The van der Waals surface area contributed by atoms with Gasteiger partial charge in [0.05, 0.1) is 11.8 Å². The third-order valence-electron chi connectivity index (χ3n) is 6.07. The molecule has 2 atom stereocenters. The third-order valence-corrected chi connectivity index (χ3v) is 10.6. The number of aromatic nitrogens is 1. The van der Waals surface area contributed by atoms with E-state index in [1.54, 1.807) is 0 Å². The van der Waals surface area contributed by atoms with E-state index in [4.69, 9.17) is 4.43 Å². The van der Waals surface area contributed by atoms with Gasteiger partial charge in [-0.2, -0.15) is 0 Å². The van der Waals surface area contributed by atoms with Crippen LogP contribution in [0.5, 0.6) is 0 Å². The summed E-state index contributed by atoms with van der Waals surface area (Å²) in [5.41, 5.74) is 3.61. The lowest BCUT2D eigenvalue weighted by Crippen LogP contribution is -2.44. The Bertz CT molecular complexity index is 659. The number of aliphatic hydroxyl groups is 1. The molecule has 0 unspecified atom stereocenters. The first-order chi connectivity index (χ1) is 13.5. The van der Waals surface area contributed by atoms with Crippen molar-refractivity contribution in [2.24, 2.45) is 5.92 Å². The summed E-state index contributed by atoms with van der Waals surface area (Å²) < 4.78 is 6.81. The van der Waals surface area contributed by atoms with Crippen molar-refractivity contribution in [3.63, 3.8) is 0 Å². The zero-order valence-electron chi connectivity index (χ0n) is 20.0. The van der Waals surface area contributed by atoms with E-state index in [0.29, 0.717) is 5.92 Å². The number of pyridine rings is 1. The summed E-state index contributed by atoms with van der Waals surface area (Å²) in [6, 6.07) is 6.00. The molecule has 1 heterocycles. The van der Waals surface area contributed by atoms with E-state index in [2.05, 4.69) is 71.8 Å². The largest absolute Gasteiger partial charge is 0.410 e. The molecule has 0 fully saturated rings. The van der Waals surface area contributed by atoms with Crippen molar-refractivity contribution in [2.45, 2.75) is 91.5 Å². The normalized spacial score (nSPS) is 16.0. The first-order valence-electron chi connectivity index (χ1n) is 11.0. The molecule has 29 heavy (non-hydrogen) atoms. The van der Waals surface area contributed by atoms with Crippen LogP contribution in [0.3, 0.4) is 0 Å². The molecule has 1 aromatic heterocycles. The van der Waals surface area contributed by atoms with Crippen molar-refractivity contribution >= 4 is 14.4 Å². The molecule has 0 aromatic carbocycles. The average molecular weight is 418 g/mol. The second-order valence-corrected chi connectivity index (χ2v) is 14.7. The highest BCUT2D eigenvalue weighted by molar-refractivity contribution is 6.74. The number of aliphatic hydroxyl groups excluding tert-OH is 1. The van der Waals surface area contributed by atoms with E-state index in [9.17, 15) is 5.11 Å². The van der Waals surface area contributed by atoms with Gasteiger partial charge in [0.15, 0.2) is 8.32 Å². The summed E-state index contributed by atoms with van der Waals surface area (Å²) in [4.78, 5) is 4.45. The van der Waals surface area contributed by atoms with E-state index in [0.717, 1.165) is 31.4 Å². The van der Waals surface area contributed by atoms with Gasteiger partial charge < -0.3 is 9.53 Å². The Morgan fingerprint density at radius 1 is 1.24 bits per heavy atom. The smallest absolute Gasteiger partial charge is 0.192 e. The lowest BCUT2D eigenvalue weighted by Gasteiger charge is -2.39. The number of hydrogen-bond donors (Lipinski definition) is 1. The number of rotatable bonds is 11. The van der Waals surface area contributed by atoms with Gasteiger partial charge in [0.2, 0.25) is 0 Å². The molecule has 0 aliphatic carbocycles. The second-order valence-electron chi connectivity index (χ2n) is 9.98. The fourth-order valence-corrected chi connectivity index (χ4v) is 4.22. The van der Waals surface area contributed by atoms with Crippen LogP contribution in [0, 0.1) is 5.92 Å². The van der Waals surface area contributed by atoms with Crippen LogP contribution in [0.25, 0.3) is 6.08 Å². The van der Waals surface area contributed by atoms with Crippen molar-refractivity contribution in [1.82, 2.24) is 4.98 Å².